The standard InChI is InChI=1S/C60H49BF16N2S/c1-50(2,3)32-10-13-42(40(26-32)52-23-17-31(18-24-52)19-25-52)79-44-9-5-8-43-46(44)61(49-47(79)34-6-4-7-36(48(34)80-49)51-20-14-30(15-21-51)16-22-51)41-28-38-39(56(68,69)60(76,77)59(74,75)55(38,66)67)29-45(41)78(43)33-11-12-35-37(27-33)54(64,65)58(72,73)57(70,71)53(35,62)63/h4-13,26-31H,14-25H2,1-3H3. The molecule has 10 aliphatic rings. The van der Waals surface area contributed by atoms with E-state index in [4.69, 9.17) is 0 Å². The predicted molar refractivity (Wildman–Crippen MR) is 276 cm³/mol. The van der Waals surface area contributed by atoms with Crippen molar-refractivity contribution in [1.82, 2.24) is 0 Å². The highest BCUT2D eigenvalue weighted by Crippen LogP contribution is 2.68. The van der Waals surface area contributed by atoms with Gasteiger partial charge in [-0.3, -0.25) is 0 Å². The second-order valence-corrected chi connectivity index (χ2v) is 26.2. The summed E-state index contributed by atoms with van der Waals surface area (Å²) in [5.41, 5.74) is -7.69. The molecule has 3 heterocycles. The summed E-state index contributed by atoms with van der Waals surface area (Å²) in [5, 5.41) is 0.705. The molecule has 0 spiro atoms. The van der Waals surface area contributed by atoms with Gasteiger partial charge in [0.05, 0.1) is 5.69 Å². The summed E-state index contributed by atoms with van der Waals surface area (Å²) in [6.45, 7) is 4.81. The molecule has 2 nitrogen and oxygen atoms in total. The number of halogens is 16. The van der Waals surface area contributed by atoms with E-state index < -0.39 is 93.2 Å². The average molecular weight is 1140 g/mol. The van der Waals surface area contributed by atoms with Gasteiger partial charge < -0.3 is 9.80 Å². The minimum Gasteiger partial charge on any atom is -0.311 e. The number of hydrogen-bond donors (Lipinski definition) is 0. The lowest BCUT2D eigenvalue weighted by molar-refractivity contribution is -0.386. The highest BCUT2D eigenvalue weighted by atomic mass is 32.1. The summed E-state index contributed by atoms with van der Waals surface area (Å²) in [7, 11) is 0. The van der Waals surface area contributed by atoms with Crippen LogP contribution in [0, 0.1) is 11.8 Å². The molecule has 0 atom stereocenters. The fraction of sp³-hybridized carbons (Fsp3) is 0.467. The van der Waals surface area contributed by atoms with Gasteiger partial charge in [-0.25, -0.2) is 0 Å². The predicted octanol–water partition coefficient (Wildman–Crippen LogP) is 17.7. The van der Waals surface area contributed by atoms with Crippen molar-refractivity contribution in [3.8, 4) is 0 Å². The number of anilines is 6. The highest BCUT2D eigenvalue weighted by molar-refractivity contribution is 7.34. The zero-order valence-electron chi connectivity index (χ0n) is 43.2. The smallest absolute Gasteiger partial charge is 0.311 e. The Morgan fingerprint density at radius 1 is 0.450 bits per heavy atom. The Bertz CT molecular complexity index is 3630. The molecule has 5 aromatic carbocycles. The van der Waals surface area contributed by atoms with Crippen molar-refractivity contribution in [2.24, 2.45) is 11.8 Å². The third-order valence-corrected chi connectivity index (χ3v) is 21.5. The number of alkyl halides is 16. The lowest BCUT2D eigenvalue weighted by Crippen LogP contribution is -2.65. The van der Waals surface area contributed by atoms with Crippen LogP contribution in [-0.4, -0.2) is 30.4 Å². The van der Waals surface area contributed by atoms with E-state index in [2.05, 4.69) is 32.9 Å². The van der Waals surface area contributed by atoms with Gasteiger partial charge in [-0.2, -0.15) is 70.2 Å². The van der Waals surface area contributed by atoms with E-state index in [-0.39, 0.29) is 57.3 Å². The van der Waals surface area contributed by atoms with Crippen LogP contribution in [0.2, 0.25) is 0 Å². The molecule has 80 heavy (non-hydrogen) atoms. The lowest BCUT2D eigenvalue weighted by Gasteiger charge is -2.50. The molecule has 2 aliphatic heterocycles. The maximum absolute atomic E-state index is 16.5. The summed E-state index contributed by atoms with van der Waals surface area (Å²) in [5.74, 6) is -49.8. The third kappa shape index (κ3) is 6.22. The van der Waals surface area contributed by atoms with E-state index in [1.807, 2.05) is 29.2 Å². The first-order valence-corrected chi connectivity index (χ1v) is 27.9. The lowest BCUT2D eigenvalue weighted by atomic mass is 9.36. The van der Waals surface area contributed by atoms with Gasteiger partial charge >= 0.3 is 47.4 Å². The molecule has 6 saturated carbocycles. The van der Waals surface area contributed by atoms with E-state index in [0.29, 0.717) is 39.4 Å². The molecule has 8 aliphatic carbocycles. The zero-order chi connectivity index (χ0) is 56.9. The van der Waals surface area contributed by atoms with E-state index in [9.17, 15) is 8.78 Å². The van der Waals surface area contributed by atoms with Crippen molar-refractivity contribution in [3.63, 3.8) is 0 Å². The van der Waals surface area contributed by atoms with Crippen LogP contribution in [-0.2, 0) is 39.9 Å². The first-order valence-electron chi connectivity index (χ1n) is 27.1. The fourth-order valence-corrected chi connectivity index (χ4v) is 17.1. The minimum absolute atomic E-state index is 0.0304. The van der Waals surface area contributed by atoms with Gasteiger partial charge in [0.1, 0.15) is 0 Å². The third-order valence-electron chi connectivity index (χ3n) is 20.2. The first kappa shape index (κ1) is 52.7. The molecule has 4 bridgehead atoms. The Balaban J connectivity index is 1.11. The Morgan fingerprint density at radius 3 is 1.46 bits per heavy atom. The van der Waals surface area contributed by atoms with Crippen molar-refractivity contribution in [3.05, 3.63) is 124 Å². The van der Waals surface area contributed by atoms with Crippen LogP contribution in [0.5, 0.6) is 0 Å². The highest BCUT2D eigenvalue weighted by Gasteiger charge is 2.86. The maximum atomic E-state index is 16.5. The van der Waals surface area contributed by atoms with Crippen molar-refractivity contribution in [2.45, 2.75) is 161 Å². The molecule has 1 aromatic heterocycles. The van der Waals surface area contributed by atoms with E-state index in [1.54, 1.807) is 6.07 Å². The molecular weight excluding hydrogens is 1100 g/mol. The van der Waals surface area contributed by atoms with Crippen LogP contribution in [0.25, 0.3) is 10.1 Å². The molecule has 6 fully saturated rings. The van der Waals surface area contributed by atoms with Crippen LogP contribution in [0.4, 0.5) is 104 Å². The molecular formula is C60H49BF16N2S. The number of thiophene rings is 1. The van der Waals surface area contributed by atoms with Gasteiger partial charge in [0.15, 0.2) is 0 Å². The molecule has 420 valence electrons. The molecule has 0 radical (unpaired) electrons. The summed E-state index contributed by atoms with van der Waals surface area (Å²) in [4.78, 5) is 2.79. The van der Waals surface area contributed by atoms with Crippen LogP contribution >= 0.6 is 11.3 Å². The Kier molecular flexibility index (Phi) is 10.4. The summed E-state index contributed by atoms with van der Waals surface area (Å²) in [6.07, 6.45) is 10.9. The Morgan fingerprint density at radius 2 is 0.925 bits per heavy atom. The molecule has 0 saturated heterocycles. The monoisotopic (exact) mass is 1140 g/mol. The molecule has 0 amide bonds. The number of rotatable bonds is 4. The Labute approximate surface area is 453 Å². The summed E-state index contributed by atoms with van der Waals surface area (Å²) in [6, 6.07) is 17.6. The van der Waals surface area contributed by atoms with Crippen LogP contribution in [0.3, 0.4) is 0 Å². The summed E-state index contributed by atoms with van der Waals surface area (Å²) < 4.78 is 253. The topological polar surface area (TPSA) is 6.48 Å². The van der Waals surface area contributed by atoms with Gasteiger partial charge in [-0.05, 0) is 169 Å². The molecule has 16 rings (SSSR count). The molecule has 0 N–H and O–H groups in total. The quantitative estimate of drug-likeness (QED) is 0.128. The van der Waals surface area contributed by atoms with Crippen LogP contribution < -0.4 is 25.5 Å². The van der Waals surface area contributed by atoms with Crippen molar-refractivity contribution < 1.29 is 70.2 Å². The van der Waals surface area contributed by atoms with Gasteiger partial charge in [0.25, 0.3) is 6.71 Å². The van der Waals surface area contributed by atoms with E-state index >= 15 is 61.5 Å². The molecule has 6 aromatic rings. The normalized spacial score (nSPS) is 28.9. The van der Waals surface area contributed by atoms with Crippen molar-refractivity contribution in [2.75, 3.05) is 9.80 Å². The second-order valence-electron chi connectivity index (χ2n) is 25.1. The first-order chi connectivity index (χ1) is 37.3. The minimum atomic E-state index is -6.75. The number of hydrogen-bond acceptors (Lipinski definition) is 3. The van der Waals surface area contributed by atoms with Gasteiger partial charge in [0, 0.05) is 65.6 Å². The average Bonchev–Trinajstić information content (AvgIpc) is 1.37. The van der Waals surface area contributed by atoms with Gasteiger partial charge in [-0.1, -0.05) is 69.3 Å². The van der Waals surface area contributed by atoms with E-state index in [0.717, 1.165) is 103 Å². The maximum Gasteiger partial charge on any atom is 0.382 e. The Hall–Kier alpha value is -5.40. The fourth-order valence-electron chi connectivity index (χ4n) is 15.6. The largest absolute Gasteiger partial charge is 0.382 e. The van der Waals surface area contributed by atoms with Crippen molar-refractivity contribution in [1.29, 1.82) is 0 Å². The van der Waals surface area contributed by atoms with Gasteiger partial charge in [-0.15, -0.1) is 11.3 Å². The summed E-state index contributed by atoms with van der Waals surface area (Å²) >= 11 is 1.26. The molecule has 20 heteroatoms. The van der Waals surface area contributed by atoms with Crippen LogP contribution in [0.15, 0.2) is 84.9 Å². The van der Waals surface area contributed by atoms with Crippen molar-refractivity contribution >= 4 is 78.0 Å². The molecule has 0 unspecified atom stereocenters. The van der Waals surface area contributed by atoms with Gasteiger partial charge in [0.2, 0.25) is 0 Å². The number of fused-ring (bicyclic) bond motifs is 14. The SMILES string of the molecule is CC(C)(C)c1ccc(N2c3cccc4c3B(c3cc5c(cc3N4c3ccc4c(c3)C(F)(F)C(F)(F)C(F)(F)C4(F)F)C(F)(F)C(F)(F)C(F)(F)C5(F)F)c3sc4c(C56CCC(CC5)CC6)cccc4c32)c(C23CCC(CC2)CC3)c1. The number of nitrogens with zero attached hydrogens (tertiary/aromatic N) is 2. The second kappa shape index (κ2) is 15.8. The van der Waals surface area contributed by atoms with Crippen LogP contribution in [0.1, 0.15) is 137 Å². The zero-order valence-corrected chi connectivity index (χ0v) is 44.0. The number of benzene rings is 5. The van der Waals surface area contributed by atoms with E-state index in [1.165, 1.54) is 23.5 Å².